The summed E-state index contributed by atoms with van der Waals surface area (Å²) in [6, 6.07) is 0. The van der Waals surface area contributed by atoms with Crippen LogP contribution in [0.25, 0.3) is 0 Å². The summed E-state index contributed by atoms with van der Waals surface area (Å²) < 4.78 is 0. The molecule has 0 spiro atoms. The van der Waals surface area contributed by atoms with E-state index in [9.17, 15) is 0 Å². The predicted octanol–water partition coefficient (Wildman–Crippen LogP) is 1.54. The normalized spacial score (nSPS) is 7.70. The number of hydrogen-bond acceptors (Lipinski definition) is 1. The minimum Gasteiger partial charge on any atom is -0.304 e. The van der Waals surface area contributed by atoms with Crippen LogP contribution in [0.2, 0.25) is 0 Å². The Balaban J connectivity index is -0.000000149. The van der Waals surface area contributed by atoms with Crippen molar-refractivity contribution in [3.05, 3.63) is 0 Å². The Kier molecular flexibility index (Phi) is 28.6. The Morgan fingerprint density at radius 3 is 1.20 bits per heavy atom. The molecule has 4 heteroatoms. The van der Waals surface area contributed by atoms with Crippen LogP contribution >= 0.6 is 22.5 Å². The van der Waals surface area contributed by atoms with Crippen molar-refractivity contribution in [1.82, 2.24) is 4.90 Å². The van der Waals surface area contributed by atoms with Gasteiger partial charge in [0, 0.05) is 0 Å². The van der Waals surface area contributed by atoms with Crippen LogP contribution in [-0.4, -0.2) is 39.9 Å². The quantitative estimate of drug-likeness (QED) is 0.627. The molecule has 0 aliphatic rings. The molecule has 1 nitrogen and oxygen atoms in total. The van der Waals surface area contributed by atoms with Crippen LogP contribution in [0.3, 0.4) is 0 Å². The zero-order chi connectivity index (χ0) is 7.70. The van der Waals surface area contributed by atoms with Crippen molar-refractivity contribution in [3.8, 4) is 0 Å². The second-order valence-corrected chi connectivity index (χ2v) is 1.62. The summed E-state index contributed by atoms with van der Waals surface area (Å²) in [5.41, 5.74) is 0. The van der Waals surface area contributed by atoms with Crippen molar-refractivity contribution in [3.63, 3.8) is 0 Å². The zero-order valence-corrected chi connectivity index (χ0v) is 10.9. The van der Waals surface area contributed by atoms with Crippen LogP contribution in [0.1, 0.15) is 20.8 Å². The molecule has 0 heterocycles. The van der Waals surface area contributed by atoms with Gasteiger partial charge in [-0.05, 0) is 19.6 Å². The van der Waals surface area contributed by atoms with Crippen LogP contribution in [-0.2, 0) is 0 Å². The molecule has 0 aromatic heterocycles. The lowest BCUT2D eigenvalue weighted by molar-refractivity contribution is 0.321. The van der Waals surface area contributed by atoms with Crippen molar-refractivity contribution in [2.45, 2.75) is 20.8 Å². The SMILES string of the molecule is CCN(CC)CC.Cl.[AlH2][Cl]. The highest BCUT2D eigenvalue weighted by atomic mass is 35.6. The molecule has 0 saturated heterocycles. The lowest BCUT2D eigenvalue weighted by Gasteiger charge is -2.13. The van der Waals surface area contributed by atoms with E-state index in [0.717, 1.165) is 15.4 Å². The number of nitrogens with zero attached hydrogens (tertiary/aromatic N) is 1. The molecule has 0 aliphatic carbocycles. The molecule has 0 aromatic carbocycles. The maximum absolute atomic E-state index is 4.78. The smallest absolute Gasteiger partial charge is 0.304 e. The predicted molar refractivity (Wildman–Crippen MR) is 55.1 cm³/mol. The molecular weight excluding hydrogens is 184 g/mol. The molecule has 0 bridgehead atoms. The van der Waals surface area contributed by atoms with Gasteiger partial charge in [0.25, 0.3) is 0 Å². The monoisotopic (exact) mass is 201 g/mol. The minimum absolute atomic E-state index is 0. The Morgan fingerprint density at radius 1 is 1.00 bits per heavy atom. The maximum Gasteiger partial charge on any atom is 0.353 e. The highest BCUT2D eigenvalue weighted by Gasteiger charge is 1.89. The van der Waals surface area contributed by atoms with E-state index in [0.29, 0.717) is 0 Å². The van der Waals surface area contributed by atoms with E-state index in [4.69, 9.17) is 10.0 Å². The summed E-state index contributed by atoms with van der Waals surface area (Å²) in [6.45, 7) is 10.1. The van der Waals surface area contributed by atoms with Crippen LogP contribution in [0.5, 0.6) is 0 Å². The van der Waals surface area contributed by atoms with Gasteiger partial charge < -0.3 is 4.90 Å². The van der Waals surface area contributed by atoms with Crippen LogP contribution in [0, 0.1) is 0 Å². The maximum atomic E-state index is 4.78. The zero-order valence-electron chi connectivity index (χ0n) is 7.35. The molecule has 0 rings (SSSR count). The van der Waals surface area contributed by atoms with Gasteiger partial charge in [-0.25, -0.2) is 0 Å². The average molecular weight is 202 g/mol. The number of rotatable bonds is 3. The van der Waals surface area contributed by atoms with E-state index in [-0.39, 0.29) is 12.4 Å². The summed E-state index contributed by atoms with van der Waals surface area (Å²) in [5, 5.41) is 0. The first-order chi connectivity index (χ1) is 4.35. The Morgan fingerprint density at radius 2 is 1.20 bits per heavy atom. The lowest BCUT2D eigenvalue weighted by atomic mass is 10.5. The van der Waals surface area contributed by atoms with E-state index in [2.05, 4.69) is 25.7 Å². The van der Waals surface area contributed by atoms with Gasteiger partial charge in [0.15, 0.2) is 0 Å². The molecule has 0 saturated carbocycles. The van der Waals surface area contributed by atoms with Gasteiger partial charge >= 0.3 is 15.4 Å². The molecule has 0 aliphatic heterocycles. The van der Waals surface area contributed by atoms with Gasteiger partial charge in [-0.15, -0.1) is 12.4 Å². The van der Waals surface area contributed by atoms with Crippen molar-refractivity contribution >= 4 is 37.8 Å². The van der Waals surface area contributed by atoms with E-state index < -0.39 is 0 Å². The average Bonchev–Trinajstić information content (AvgIpc) is 1.96. The Labute approximate surface area is 83.2 Å². The number of halogens is 2. The fraction of sp³-hybridized carbons (Fsp3) is 1.00. The summed E-state index contributed by atoms with van der Waals surface area (Å²) >= 11 is 0.778. The molecule has 0 N–H and O–H groups in total. The van der Waals surface area contributed by atoms with Gasteiger partial charge in [-0.2, -0.15) is 0 Å². The van der Waals surface area contributed by atoms with E-state index in [1.165, 1.54) is 19.6 Å². The Bertz CT molecular complexity index is 37.2. The first kappa shape index (κ1) is 17.2. The van der Waals surface area contributed by atoms with Crippen molar-refractivity contribution < 1.29 is 0 Å². The van der Waals surface area contributed by atoms with Crippen molar-refractivity contribution in [1.29, 1.82) is 0 Å². The summed E-state index contributed by atoms with van der Waals surface area (Å²) in [4.78, 5) is 2.38. The molecule has 0 unspecified atom stereocenters. The largest absolute Gasteiger partial charge is 0.353 e. The third kappa shape index (κ3) is 11.8. The summed E-state index contributed by atoms with van der Waals surface area (Å²) in [6.07, 6.45) is 0. The second kappa shape index (κ2) is 16.6. The molecule has 0 amide bonds. The van der Waals surface area contributed by atoms with Crippen molar-refractivity contribution in [2.24, 2.45) is 0 Å². The first-order valence-corrected chi connectivity index (χ1v) is 6.47. The third-order valence-electron chi connectivity index (χ3n) is 1.34. The fourth-order valence-corrected chi connectivity index (χ4v) is 0.671. The first-order valence-electron chi connectivity index (χ1n) is 3.45. The van der Waals surface area contributed by atoms with Gasteiger partial charge in [0.2, 0.25) is 0 Å². The third-order valence-corrected chi connectivity index (χ3v) is 1.34. The van der Waals surface area contributed by atoms with E-state index in [1.54, 1.807) is 0 Å². The Hall–Kier alpha value is 1.07. The minimum atomic E-state index is 0. The van der Waals surface area contributed by atoms with E-state index >= 15 is 0 Å². The standard InChI is InChI=1S/C6H15N.Al.2ClH.2H/c1-4-7(5-2)6-3;;;;;/h4-6H2,1-3H3;;2*1H;;/q;+1;;;;/p-1. The summed E-state index contributed by atoms with van der Waals surface area (Å²) in [5.74, 6) is 0. The summed E-state index contributed by atoms with van der Waals surface area (Å²) in [7, 11) is 4.78. The molecule has 0 radical (unpaired) electrons. The van der Waals surface area contributed by atoms with Crippen molar-refractivity contribution in [2.75, 3.05) is 19.6 Å². The van der Waals surface area contributed by atoms with Gasteiger partial charge in [0.05, 0.1) is 0 Å². The molecular formula is C6H18AlCl2N. The van der Waals surface area contributed by atoms with Gasteiger partial charge in [-0.3, -0.25) is 10.0 Å². The van der Waals surface area contributed by atoms with Crippen LogP contribution in [0.4, 0.5) is 0 Å². The molecule has 0 aromatic rings. The highest BCUT2D eigenvalue weighted by molar-refractivity contribution is 6.80. The molecule has 10 heavy (non-hydrogen) atoms. The topological polar surface area (TPSA) is 3.24 Å². The second-order valence-electron chi connectivity index (χ2n) is 1.62. The lowest BCUT2D eigenvalue weighted by Crippen LogP contribution is -2.21. The van der Waals surface area contributed by atoms with Gasteiger partial charge in [-0.1, -0.05) is 20.8 Å². The molecule has 64 valence electrons. The van der Waals surface area contributed by atoms with Crippen LogP contribution < -0.4 is 0 Å². The highest BCUT2D eigenvalue weighted by Crippen LogP contribution is 1.81. The van der Waals surface area contributed by atoms with Crippen LogP contribution in [0.15, 0.2) is 0 Å². The number of hydrogen-bond donors (Lipinski definition) is 0. The van der Waals surface area contributed by atoms with E-state index in [1.807, 2.05) is 0 Å². The van der Waals surface area contributed by atoms with Gasteiger partial charge in [0.1, 0.15) is 0 Å². The molecule has 0 atom stereocenters. The fourth-order valence-electron chi connectivity index (χ4n) is 0.671. The molecule has 0 fully saturated rings.